The highest BCUT2D eigenvalue weighted by molar-refractivity contribution is 4.65. The Kier molecular flexibility index (Phi) is 6.55. The lowest BCUT2D eigenvalue weighted by Gasteiger charge is -2.02. The standard InChI is InChI=1S/C8H15O2/c1-3-4-5-6-7-10-8(2)9/h3,8H,1,4-7H2,2H3. The second kappa shape index (κ2) is 6.78. The zero-order chi connectivity index (χ0) is 7.82. The maximum absolute atomic E-state index is 10.3. The molecule has 0 heterocycles. The van der Waals surface area contributed by atoms with Gasteiger partial charge >= 0.3 is 0 Å². The smallest absolute Gasteiger partial charge is 0.188 e. The van der Waals surface area contributed by atoms with Crippen LogP contribution in [0.15, 0.2) is 12.7 Å². The van der Waals surface area contributed by atoms with E-state index in [-0.39, 0.29) is 0 Å². The van der Waals surface area contributed by atoms with Crippen LogP contribution in [0.25, 0.3) is 0 Å². The van der Waals surface area contributed by atoms with Crippen molar-refractivity contribution in [1.29, 1.82) is 0 Å². The fourth-order valence-corrected chi connectivity index (χ4v) is 0.640. The van der Waals surface area contributed by atoms with Gasteiger partial charge in [-0.2, -0.15) is 0 Å². The Bertz CT molecular complexity index is 79.3. The first kappa shape index (κ1) is 9.66. The van der Waals surface area contributed by atoms with E-state index in [1.165, 1.54) is 6.92 Å². The van der Waals surface area contributed by atoms with Crippen LogP contribution in [0.4, 0.5) is 0 Å². The number of hydrogen-bond donors (Lipinski definition) is 0. The predicted molar refractivity (Wildman–Crippen MR) is 40.1 cm³/mol. The molecule has 10 heavy (non-hydrogen) atoms. The second-order valence-electron chi connectivity index (χ2n) is 2.22. The first-order valence-corrected chi connectivity index (χ1v) is 3.65. The Morgan fingerprint density at radius 2 is 2.30 bits per heavy atom. The lowest BCUT2D eigenvalue weighted by Crippen LogP contribution is -2.05. The third-order valence-corrected chi connectivity index (χ3v) is 1.16. The van der Waals surface area contributed by atoms with Gasteiger partial charge in [-0.3, -0.25) is 0 Å². The van der Waals surface area contributed by atoms with Gasteiger partial charge in [0, 0.05) is 6.61 Å². The zero-order valence-electron chi connectivity index (χ0n) is 6.51. The quantitative estimate of drug-likeness (QED) is 0.318. The van der Waals surface area contributed by atoms with E-state index in [4.69, 9.17) is 4.74 Å². The van der Waals surface area contributed by atoms with Gasteiger partial charge in [-0.05, 0) is 26.2 Å². The molecule has 0 fully saturated rings. The zero-order valence-corrected chi connectivity index (χ0v) is 6.51. The molecule has 1 atom stereocenters. The van der Waals surface area contributed by atoms with E-state index in [0.717, 1.165) is 19.3 Å². The van der Waals surface area contributed by atoms with Crippen molar-refractivity contribution in [2.24, 2.45) is 0 Å². The summed E-state index contributed by atoms with van der Waals surface area (Å²) in [6.45, 7) is 5.68. The van der Waals surface area contributed by atoms with Crippen LogP contribution < -0.4 is 0 Å². The topological polar surface area (TPSA) is 29.1 Å². The van der Waals surface area contributed by atoms with E-state index >= 15 is 0 Å². The average molecular weight is 143 g/mol. The normalized spacial score (nSPS) is 13.0. The molecular formula is C8H15O2. The highest BCUT2D eigenvalue weighted by atomic mass is 16.6. The molecule has 0 saturated carbocycles. The van der Waals surface area contributed by atoms with Crippen LogP contribution in [-0.2, 0) is 9.84 Å². The molecular weight excluding hydrogens is 128 g/mol. The van der Waals surface area contributed by atoms with Crippen LogP contribution in [0.5, 0.6) is 0 Å². The molecule has 1 radical (unpaired) electrons. The van der Waals surface area contributed by atoms with Crippen molar-refractivity contribution in [3.63, 3.8) is 0 Å². The molecule has 0 N–H and O–H groups in total. The molecule has 2 heteroatoms. The van der Waals surface area contributed by atoms with Gasteiger partial charge in [0.05, 0.1) is 0 Å². The summed E-state index contributed by atoms with van der Waals surface area (Å²) in [6, 6.07) is 0. The van der Waals surface area contributed by atoms with E-state index in [9.17, 15) is 5.11 Å². The lowest BCUT2D eigenvalue weighted by atomic mass is 10.2. The Hall–Kier alpha value is -0.340. The first-order valence-electron chi connectivity index (χ1n) is 3.65. The Balaban J connectivity index is 2.83. The van der Waals surface area contributed by atoms with Gasteiger partial charge in [-0.15, -0.1) is 6.58 Å². The van der Waals surface area contributed by atoms with Gasteiger partial charge in [0.2, 0.25) is 0 Å². The molecule has 2 nitrogen and oxygen atoms in total. The van der Waals surface area contributed by atoms with Crippen molar-refractivity contribution in [2.45, 2.75) is 32.5 Å². The Morgan fingerprint density at radius 3 is 2.80 bits per heavy atom. The minimum atomic E-state index is -0.872. The third kappa shape index (κ3) is 7.66. The molecule has 0 aliphatic carbocycles. The largest absolute Gasteiger partial charge is 0.350 e. The fraction of sp³-hybridized carbons (Fsp3) is 0.750. The molecule has 0 aromatic rings. The Labute approximate surface area is 62.5 Å². The summed E-state index contributed by atoms with van der Waals surface area (Å²) in [5.41, 5.74) is 0. The molecule has 0 aromatic carbocycles. The Morgan fingerprint density at radius 1 is 1.60 bits per heavy atom. The van der Waals surface area contributed by atoms with Crippen LogP contribution in [0.1, 0.15) is 26.2 Å². The molecule has 0 aliphatic heterocycles. The van der Waals surface area contributed by atoms with Crippen molar-refractivity contribution in [3.8, 4) is 0 Å². The van der Waals surface area contributed by atoms with Crippen molar-refractivity contribution in [2.75, 3.05) is 6.61 Å². The summed E-state index contributed by atoms with van der Waals surface area (Å²) in [7, 11) is 0. The van der Waals surface area contributed by atoms with Crippen LogP contribution in [-0.4, -0.2) is 12.9 Å². The summed E-state index contributed by atoms with van der Waals surface area (Å²) < 4.78 is 4.80. The van der Waals surface area contributed by atoms with Crippen LogP contribution in [0.2, 0.25) is 0 Å². The monoisotopic (exact) mass is 143 g/mol. The SMILES string of the molecule is C=CCCCCOC(C)[O]. The molecule has 0 aromatic heterocycles. The van der Waals surface area contributed by atoms with E-state index in [1.54, 1.807) is 0 Å². The van der Waals surface area contributed by atoms with E-state index in [1.807, 2.05) is 6.08 Å². The molecule has 0 rings (SSSR count). The van der Waals surface area contributed by atoms with E-state index in [2.05, 4.69) is 6.58 Å². The number of unbranched alkanes of at least 4 members (excludes halogenated alkanes) is 2. The second-order valence-corrected chi connectivity index (χ2v) is 2.22. The van der Waals surface area contributed by atoms with Gasteiger partial charge in [-0.1, -0.05) is 6.08 Å². The molecule has 0 saturated heterocycles. The summed E-state index contributed by atoms with van der Waals surface area (Å²) in [6.07, 6.45) is 4.04. The van der Waals surface area contributed by atoms with Crippen LogP contribution in [0.3, 0.4) is 0 Å². The fourth-order valence-electron chi connectivity index (χ4n) is 0.640. The third-order valence-electron chi connectivity index (χ3n) is 1.16. The number of allylic oxidation sites excluding steroid dienone is 1. The van der Waals surface area contributed by atoms with Gasteiger partial charge in [0.1, 0.15) is 0 Å². The molecule has 59 valence electrons. The molecule has 1 unspecified atom stereocenters. The highest BCUT2D eigenvalue weighted by Crippen LogP contribution is 1.97. The summed E-state index contributed by atoms with van der Waals surface area (Å²) in [4.78, 5) is 0. The number of hydrogen-bond acceptors (Lipinski definition) is 1. The van der Waals surface area contributed by atoms with Crippen molar-refractivity contribution in [1.82, 2.24) is 0 Å². The summed E-state index contributed by atoms with van der Waals surface area (Å²) in [5.74, 6) is 0. The average Bonchev–Trinajstić information content (AvgIpc) is 1.87. The van der Waals surface area contributed by atoms with Gasteiger partial charge < -0.3 is 4.74 Å². The van der Waals surface area contributed by atoms with Crippen molar-refractivity contribution >= 4 is 0 Å². The highest BCUT2D eigenvalue weighted by Gasteiger charge is 1.94. The minimum Gasteiger partial charge on any atom is -0.350 e. The van der Waals surface area contributed by atoms with E-state index < -0.39 is 6.29 Å². The summed E-state index contributed by atoms with van der Waals surface area (Å²) >= 11 is 0. The molecule has 0 amide bonds. The van der Waals surface area contributed by atoms with Gasteiger partial charge in [-0.25, -0.2) is 5.11 Å². The molecule has 0 spiro atoms. The lowest BCUT2D eigenvalue weighted by molar-refractivity contribution is -0.127. The first-order chi connectivity index (χ1) is 4.77. The maximum atomic E-state index is 10.3. The molecule has 0 aliphatic rings. The van der Waals surface area contributed by atoms with Crippen molar-refractivity contribution < 1.29 is 9.84 Å². The molecule has 0 bridgehead atoms. The maximum Gasteiger partial charge on any atom is 0.188 e. The van der Waals surface area contributed by atoms with E-state index in [0.29, 0.717) is 6.61 Å². The minimum absolute atomic E-state index is 0.582. The van der Waals surface area contributed by atoms with Gasteiger partial charge in [0.25, 0.3) is 0 Å². The predicted octanol–water partition coefficient (Wildman–Crippen LogP) is 2.14. The van der Waals surface area contributed by atoms with Gasteiger partial charge in [0.15, 0.2) is 6.29 Å². The van der Waals surface area contributed by atoms with Crippen LogP contribution >= 0.6 is 0 Å². The number of ether oxygens (including phenoxy) is 1. The van der Waals surface area contributed by atoms with Crippen LogP contribution in [0, 0.1) is 0 Å². The number of rotatable bonds is 6. The van der Waals surface area contributed by atoms with Crippen molar-refractivity contribution in [3.05, 3.63) is 12.7 Å². The summed E-state index contributed by atoms with van der Waals surface area (Å²) in [5, 5.41) is 10.3.